The lowest BCUT2D eigenvalue weighted by atomic mass is 10.1. The number of ether oxygens (including phenoxy) is 2. The van der Waals surface area contributed by atoms with Gasteiger partial charge in [-0.2, -0.15) is 0 Å². The van der Waals surface area contributed by atoms with Crippen LogP contribution in [0.4, 0.5) is 4.79 Å². The first-order chi connectivity index (χ1) is 12.8. The van der Waals surface area contributed by atoms with Crippen molar-refractivity contribution >= 4 is 36.0 Å². The van der Waals surface area contributed by atoms with Gasteiger partial charge in [-0.25, -0.2) is 4.79 Å². The van der Waals surface area contributed by atoms with Crippen molar-refractivity contribution in [1.29, 1.82) is 0 Å². The Morgan fingerprint density at radius 1 is 1.18 bits per heavy atom. The van der Waals surface area contributed by atoms with E-state index in [4.69, 9.17) is 14.5 Å². The molecule has 28 heavy (non-hydrogen) atoms. The molecule has 0 aromatic rings. The highest BCUT2D eigenvalue weighted by molar-refractivity contribution is 14.0. The normalized spacial score (nSPS) is 15.8. The van der Waals surface area contributed by atoms with E-state index in [9.17, 15) is 4.79 Å². The summed E-state index contributed by atoms with van der Waals surface area (Å²) in [6.45, 7) is 17.2. The fourth-order valence-corrected chi connectivity index (χ4v) is 3.06. The minimum atomic E-state index is -0.480. The van der Waals surface area contributed by atoms with Gasteiger partial charge in [-0.05, 0) is 53.9 Å². The van der Waals surface area contributed by atoms with E-state index >= 15 is 0 Å². The van der Waals surface area contributed by atoms with Gasteiger partial charge in [0.05, 0.1) is 12.6 Å². The number of amides is 1. The largest absolute Gasteiger partial charge is 0.444 e. The number of carbonyl (C=O) groups excluding carboxylic acids is 1. The number of likely N-dealkylation sites (tertiary alicyclic amines) is 1. The summed E-state index contributed by atoms with van der Waals surface area (Å²) >= 11 is 0. The summed E-state index contributed by atoms with van der Waals surface area (Å²) in [6.07, 6.45) is 3.05. The van der Waals surface area contributed by atoms with Crippen molar-refractivity contribution in [2.75, 3.05) is 45.9 Å². The van der Waals surface area contributed by atoms with Crippen LogP contribution in [-0.4, -0.2) is 79.4 Å². The van der Waals surface area contributed by atoms with Gasteiger partial charge in [-0.3, -0.25) is 4.99 Å². The minimum Gasteiger partial charge on any atom is -0.444 e. The first kappa shape index (κ1) is 27.2. The Hall–Kier alpha value is -0.770. The molecule has 8 heteroatoms. The molecule has 1 aliphatic rings. The fourth-order valence-electron chi connectivity index (χ4n) is 3.06. The summed E-state index contributed by atoms with van der Waals surface area (Å²) in [5, 5.41) is 3.37. The van der Waals surface area contributed by atoms with Crippen molar-refractivity contribution in [1.82, 2.24) is 15.1 Å². The lowest BCUT2D eigenvalue weighted by molar-refractivity contribution is 0.0247. The summed E-state index contributed by atoms with van der Waals surface area (Å²) < 4.78 is 11.2. The van der Waals surface area contributed by atoms with Crippen LogP contribution < -0.4 is 5.32 Å². The van der Waals surface area contributed by atoms with E-state index in [1.807, 2.05) is 27.7 Å². The minimum absolute atomic E-state index is 0. The average Bonchev–Trinajstić information content (AvgIpc) is 2.59. The van der Waals surface area contributed by atoms with E-state index in [2.05, 4.69) is 24.1 Å². The molecule has 1 saturated heterocycles. The van der Waals surface area contributed by atoms with Crippen LogP contribution in [0.25, 0.3) is 0 Å². The first-order valence-corrected chi connectivity index (χ1v) is 10.4. The molecule has 7 nitrogen and oxygen atoms in total. The zero-order valence-electron chi connectivity index (χ0n) is 18.6. The van der Waals surface area contributed by atoms with E-state index in [-0.39, 0.29) is 30.1 Å². The van der Waals surface area contributed by atoms with Gasteiger partial charge < -0.3 is 24.6 Å². The maximum Gasteiger partial charge on any atom is 0.410 e. The standard InChI is InChI=1S/C20H40N4O3.HI/c1-7-13-24(19(25)27-20(4,5)6)16-12-22-18(21-8-2)23-14-10-17(11-15-23)26-9-3;/h17H,7-16H2,1-6H3,(H,21,22);1H. The van der Waals surface area contributed by atoms with E-state index in [0.29, 0.717) is 25.7 Å². The van der Waals surface area contributed by atoms with Gasteiger partial charge in [0.15, 0.2) is 5.96 Å². The molecule has 0 bridgehead atoms. The van der Waals surface area contributed by atoms with Gasteiger partial charge in [0.25, 0.3) is 0 Å². The quantitative estimate of drug-likeness (QED) is 0.305. The van der Waals surface area contributed by atoms with Crippen LogP contribution in [0.3, 0.4) is 0 Å². The molecule has 0 unspecified atom stereocenters. The molecule has 0 radical (unpaired) electrons. The summed E-state index contributed by atoms with van der Waals surface area (Å²) in [5.74, 6) is 0.924. The zero-order chi connectivity index (χ0) is 20.3. The Balaban J connectivity index is 0.00000729. The summed E-state index contributed by atoms with van der Waals surface area (Å²) in [6, 6.07) is 0. The molecule has 1 fully saturated rings. The molecule has 0 aliphatic carbocycles. The fraction of sp³-hybridized carbons (Fsp3) is 0.900. The van der Waals surface area contributed by atoms with Gasteiger partial charge >= 0.3 is 6.09 Å². The molecule has 0 aromatic carbocycles. The average molecular weight is 512 g/mol. The van der Waals surface area contributed by atoms with Crippen LogP contribution in [0.5, 0.6) is 0 Å². The predicted molar refractivity (Wildman–Crippen MR) is 126 cm³/mol. The molecule has 1 rings (SSSR count). The van der Waals surface area contributed by atoms with Gasteiger partial charge in [0.1, 0.15) is 5.60 Å². The molecule has 0 saturated carbocycles. The molecular formula is C20H41IN4O3. The molecule has 166 valence electrons. The van der Waals surface area contributed by atoms with E-state index < -0.39 is 5.60 Å². The summed E-state index contributed by atoms with van der Waals surface area (Å²) in [4.78, 5) is 21.2. The molecule has 1 amide bonds. The Morgan fingerprint density at radius 3 is 2.32 bits per heavy atom. The number of halogens is 1. The van der Waals surface area contributed by atoms with Crippen LogP contribution in [0, 0.1) is 0 Å². The van der Waals surface area contributed by atoms with Crippen molar-refractivity contribution in [3.05, 3.63) is 0 Å². The van der Waals surface area contributed by atoms with Crippen LogP contribution in [0.1, 0.15) is 60.8 Å². The molecule has 0 atom stereocenters. The smallest absolute Gasteiger partial charge is 0.410 e. The monoisotopic (exact) mass is 512 g/mol. The Bertz CT molecular complexity index is 461. The number of carbonyl (C=O) groups is 1. The first-order valence-electron chi connectivity index (χ1n) is 10.4. The third-order valence-corrected chi connectivity index (χ3v) is 4.26. The lowest BCUT2D eigenvalue weighted by Gasteiger charge is -2.34. The zero-order valence-corrected chi connectivity index (χ0v) is 21.0. The topological polar surface area (TPSA) is 66.4 Å². The Morgan fingerprint density at radius 2 is 1.82 bits per heavy atom. The van der Waals surface area contributed by atoms with Crippen molar-refractivity contribution in [2.24, 2.45) is 4.99 Å². The summed E-state index contributed by atoms with van der Waals surface area (Å²) in [5.41, 5.74) is -0.480. The number of hydrogen-bond donors (Lipinski definition) is 1. The number of nitrogens with zero attached hydrogens (tertiary/aromatic N) is 3. The van der Waals surface area contributed by atoms with Gasteiger partial charge in [0, 0.05) is 39.3 Å². The van der Waals surface area contributed by atoms with Gasteiger partial charge in [-0.1, -0.05) is 6.92 Å². The van der Waals surface area contributed by atoms with E-state index in [0.717, 1.165) is 51.5 Å². The number of guanidine groups is 1. The maximum absolute atomic E-state index is 12.4. The maximum atomic E-state index is 12.4. The van der Waals surface area contributed by atoms with Gasteiger partial charge in [-0.15, -0.1) is 24.0 Å². The van der Waals surface area contributed by atoms with E-state index in [1.165, 1.54) is 0 Å². The SMILES string of the molecule is CCCN(CCN=C(NCC)N1CCC(OCC)CC1)C(=O)OC(C)(C)C.I. The second-order valence-corrected chi connectivity index (χ2v) is 7.84. The third-order valence-electron chi connectivity index (χ3n) is 4.26. The number of rotatable bonds is 8. The van der Waals surface area contributed by atoms with Crippen LogP contribution in [-0.2, 0) is 9.47 Å². The molecular weight excluding hydrogens is 471 g/mol. The number of piperidine rings is 1. The van der Waals surface area contributed by atoms with Crippen LogP contribution in [0.15, 0.2) is 4.99 Å². The third kappa shape index (κ3) is 10.7. The summed E-state index contributed by atoms with van der Waals surface area (Å²) in [7, 11) is 0. The van der Waals surface area contributed by atoms with Crippen molar-refractivity contribution in [3.63, 3.8) is 0 Å². The highest BCUT2D eigenvalue weighted by atomic mass is 127. The molecule has 1 N–H and O–H groups in total. The Kier molecular flexibility index (Phi) is 13.9. The van der Waals surface area contributed by atoms with Crippen molar-refractivity contribution in [2.45, 2.75) is 72.5 Å². The highest BCUT2D eigenvalue weighted by Crippen LogP contribution is 2.14. The van der Waals surface area contributed by atoms with Crippen molar-refractivity contribution in [3.8, 4) is 0 Å². The Labute approximate surface area is 188 Å². The van der Waals surface area contributed by atoms with E-state index in [1.54, 1.807) is 4.90 Å². The lowest BCUT2D eigenvalue weighted by Crippen LogP contribution is -2.47. The number of nitrogens with one attached hydrogen (secondary N) is 1. The van der Waals surface area contributed by atoms with Gasteiger partial charge in [0.2, 0.25) is 0 Å². The highest BCUT2D eigenvalue weighted by Gasteiger charge is 2.23. The second-order valence-electron chi connectivity index (χ2n) is 7.84. The molecule has 0 spiro atoms. The van der Waals surface area contributed by atoms with Crippen LogP contribution in [0.2, 0.25) is 0 Å². The number of aliphatic imine (C=N–C) groups is 1. The number of hydrogen-bond acceptors (Lipinski definition) is 4. The molecule has 0 aromatic heterocycles. The van der Waals surface area contributed by atoms with Crippen molar-refractivity contribution < 1.29 is 14.3 Å². The van der Waals surface area contributed by atoms with Crippen LogP contribution >= 0.6 is 24.0 Å². The molecule has 1 heterocycles. The predicted octanol–water partition coefficient (Wildman–Crippen LogP) is 3.72. The molecule has 1 aliphatic heterocycles. The second kappa shape index (κ2) is 14.3.